The van der Waals surface area contributed by atoms with Crippen LogP contribution in [0.1, 0.15) is 19.3 Å². The molecule has 0 aromatic heterocycles. The summed E-state index contributed by atoms with van der Waals surface area (Å²) in [5.41, 5.74) is 3.36. The Hall–Kier alpha value is -3.54. The van der Waals surface area contributed by atoms with Gasteiger partial charge in [0, 0.05) is 0 Å². The molecule has 0 bridgehead atoms. The van der Waals surface area contributed by atoms with Crippen molar-refractivity contribution in [2.75, 3.05) is 0 Å². The van der Waals surface area contributed by atoms with Gasteiger partial charge in [-0.25, -0.2) is 0 Å². The van der Waals surface area contributed by atoms with E-state index in [0.29, 0.717) is 33.4 Å². The number of hydrogen-bond donors (Lipinski definition) is 0. The zero-order valence-corrected chi connectivity index (χ0v) is 14.0. The van der Waals surface area contributed by atoms with Gasteiger partial charge >= 0.3 is 0 Å². The summed E-state index contributed by atoms with van der Waals surface area (Å²) in [6.45, 7) is 0. The summed E-state index contributed by atoms with van der Waals surface area (Å²) in [7, 11) is 0. The number of rotatable bonds is 0. The van der Waals surface area contributed by atoms with Crippen LogP contribution < -0.4 is 0 Å². The molecule has 0 spiro atoms. The quantitative estimate of drug-likeness (QED) is 0.475. The van der Waals surface area contributed by atoms with E-state index in [1.54, 1.807) is 0 Å². The zero-order chi connectivity index (χ0) is 19.3. The maximum absolute atomic E-state index is 11.8. The second-order valence-corrected chi connectivity index (χ2v) is 6.73. The fourth-order valence-corrected chi connectivity index (χ4v) is 3.54. The highest BCUT2D eigenvalue weighted by atomic mass is 16.2. The molecule has 1 saturated carbocycles. The molecule has 27 heavy (non-hydrogen) atoms. The van der Waals surface area contributed by atoms with Gasteiger partial charge in [-0.1, -0.05) is 0 Å². The van der Waals surface area contributed by atoms with Crippen molar-refractivity contribution in [2.45, 2.75) is 19.3 Å². The lowest BCUT2D eigenvalue weighted by Gasteiger charge is -2.17. The molecule has 6 heteroatoms. The zero-order valence-electron chi connectivity index (χ0n) is 14.0. The molecule has 0 atom stereocenters. The van der Waals surface area contributed by atoms with Crippen LogP contribution in [0.3, 0.4) is 0 Å². The fourth-order valence-electron chi connectivity index (χ4n) is 3.54. The van der Waals surface area contributed by atoms with Crippen LogP contribution in [0.25, 0.3) is 0 Å². The van der Waals surface area contributed by atoms with E-state index in [4.69, 9.17) is 0 Å². The first-order valence-corrected chi connectivity index (χ1v) is 8.31. The van der Waals surface area contributed by atoms with Crippen molar-refractivity contribution < 1.29 is 28.8 Å². The summed E-state index contributed by atoms with van der Waals surface area (Å²) in [6.07, 6.45) is 8.05. The van der Waals surface area contributed by atoms with Crippen LogP contribution in [0.4, 0.5) is 0 Å². The maximum Gasteiger partial charge on any atom is 0.226 e. The average Bonchev–Trinajstić information content (AvgIpc) is 2.65. The third-order valence-corrected chi connectivity index (χ3v) is 4.94. The number of carbonyl (C=O) groups is 6. The van der Waals surface area contributed by atoms with Gasteiger partial charge in [0.2, 0.25) is 34.7 Å². The molecule has 0 radical (unpaired) electrons. The molecule has 1 fully saturated rings. The van der Waals surface area contributed by atoms with Crippen LogP contribution in [-0.2, 0) is 28.8 Å². The summed E-state index contributed by atoms with van der Waals surface area (Å²) in [5, 5.41) is 0. The van der Waals surface area contributed by atoms with E-state index in [-0.39, 0.29) is 19.3 Å². The summed E-state index contributed by atoms with van der Waals surface area (Å²) >= 11 is 0. The van der Waals surface area contributed by atoms with Crippen molar-refractivity contribution in [3.8, 4) is 0 Å². The molecule has 132 valence electrons. The third-order valence-electron chi connectivity index (χ3n) is 4.94. The fraction of sp³-hybridized carbons (Fsp3) is 0.143. The molecule has 0 N–H and O–H groups in total. The SMILES string of the molecule is O=C1C=C2CC3=CC(=O)C(=O)C=C3CC3=CC(=O)C(=O)C=C3CC2=CC1=O. The molecule has 6 nitrogen and oxygen atoms in total. The number of carbonyl (C=O) groups excluding carboxylic acids is 6. The Bertz CT molecular complexity index is 860. The van der Waals surface area contributed by atoms with Gasteiger partial charge < -0.3 is 0 Å². The van der Waals surface area contributed by atoms with Crippen LogP contribution in [0, 0.1) is 0 Å². The predicted molar refractivity (Wildman–Crippen MR) is 92.4 cm³/mol. The van der Waals surface area contributed by atoms with Gasteiger partial charge in [0.1, 0.15) is 0 Å². The summed E-state index contributed by atoms with van der Waals surface area (Å²) in [5.74, 6) is -3.93. The Morgan fingerprint density at radius 2 is 0.481 bits per heavy atom. The van der Waals surface area contributed by atoms with Crippen LogP contribution in [0.5, 0.6) is 0 Å². The summed E-state index contributed by atoms with van der Waals surface area (Å²) in [4.78, 5) is 71.0. The lowest BCUT2D eigenvalue weighted by molar-refractivity contribution is -0.131. The van der Waals surface area contributed by atoms with Gasteiger partial charge in [-0.05, 0) is 89.2 Å². The minimum Gasteiger partial charge on any atom is -0.286 e. The van der Waals surface area contributed by atoms with Gasteiger partial charge in [0.25, 0.3) is 0 Å². The Morgan fingerprint density at radius 1 is 0.333 bits per heavy atom. The highest BCUT2D eigenvalue weighted by molar-refractivity contribution is 6.48. The van der Waals surface area contributed by atoms with Gasteiger partial charge in [0.05, 0.1) is 0 Å². The van der Waals surface area contributed by atoms with E-state index in [0.717, 1.165) is 0 Å². The molecular formula is C21H12O6. The molecule has 0 saturated heterocycles. The highest BCUT2D eigenvalue weighted by Crippen LogP contribution is 2.39. The molecule has 0 aromatic carbocycles. The topological polar surface area (TPSA) is 102 Å². The van der Waals surface area contributed by atoms with Crippen LogP contribution in [0.2, 0.25) is 0 Å². The molecule has 0 unspecified atom stereocenters. The van der Waals surface area contributed by atoms with E-state index in [9.17, 15) is 28.8 Å². The third kappa shape index (κ3) is 2.95. The lowest BCUT2D eigenvalue weighted by atomic mass is 9.85. The van der Waals surface area contributed by atoms with Gasteiger partial charge in [0.15, 0.2) is 0 Å². The van der Waals surface area contributed by atoms with E-state index < -0.39 is 34.7 Å². The van der Waals surface area contributed by atoms with E-state index in [2.05, 4.69) is 0 Å². The number of hydrogen-bond acceptors (Lipinski definition) is 6. The molecule has 0 aromatic rings. The monoisotopic (exact) mass is 360 g/mol. The van der Waals surface area contributed by atoms with Gasteiger partial charge in [-0.15, -0.1) is 0 Å². The van der Waals surface area contributed by atoms with Crippen LogP contribution >= 0.6 is 0 Å². The van der Waals surface area contributed by atoms with Gasteiger partial charge in [-0.3, -0.25) is 28.8 Å². The standard InChI is InChI=1S/C21H12O6/c22-16-4-10-1-11-5-17(23)19(25)7-13(11)3-15-9-21(27)20(26)8-14(15)2-12(10)6-18(16)24/h4-9H,1-3H2. The number of fused-ring (bicyclic) bond motifs is 3. The van der Waals surface area contributed by atoms with Crippen molar-refractivity contribution in [1.29, 1.82) is 0 Å². The summed E-state index contributed by atoms with van der Waals surface area (Å²) in [6, 6.07) is 0. The number of ketones is 6. The van der Waals surface area contributed by atoms with Crippen molar-refractivity contribution >= 4 is 34.7 Å². The Morgan fingerprint density at radius 3 is 0.630 bits per heavy atom. The average molecular weight is 360 g/mol. The van der Waals surface area contributed by atoms with Crippen LogP contribution in [0.15, 0.2) is 69.9 Å². The molecule has 0 heterocycles. The van der Waals surface area contributed by atoms with E-state index >= 15 is 0 Å². The summed E-state index contributed by atoms with van der Waals surface area (Å²) < 4.78 is 0. The predicted octanol–water partition coefficient (Wildman–Crippen LogP) is 1.18. The van der Waals surface area contributed by atoms with E-state index in [1.165, 1.54) is 36.5 Å². The highest BCUT2D eigenvalue weighted by Gasteiger charge is 2.30. The molecule has 4 aliphatic carbocycles. The second-order valence-electron chi connectivity index (χ2n) is 6.73. The van der Waals surface area contributed by atoms with Crippen molar-refractivity contribution in [2.24, 2.45) is 0 Å². The first-order valence-electron chi connectivity index (χ1n) is 8.31. The molecular weight excluding hydrogens is 348 g/mol. The van der Waals surface area contributed by atoms with Crippen molar-refractivity contribution in [3.63, 3.8) is 0 Å². The van der Waals surface area contributed by atoms with E-state index in [1.807, 2.05) is 0 Å². The van der Waals surface area contributed by atoms with Crippen LogP contribution in [-0.4, -0.2) is 34.7 Å². The minimum absolute atomic E-state index is 0.207. The molecule has 4 aliphatic rings. The maximum atomic E-state index is 11.8. The van der Waals surface area contributed by atoms with Crippen molar-refractivity contribution in [1.82, 2.24) is 0 Å². The molecule has 0 amide bonds. The van der Waals surface area contributed by atoms with Gasteiger partial charge in [-0.2, -0.15) is 0 Å². The molecule has 0 aliphatic heterocycles. The Balaban J connectivity index is 1.89. The molecule has 4 rings (SSSR count). The largest absolute Gasteiger partial charge is 0.286 e. The Kier molecular flexibility index (Phi) is 3.77. The number of allylic oxidation sites excluding steroid dienone is 12. The normalized spacial score (nSPS) is 22.7. The van der Waals surface area contributed by atoms with Crippen molar-refractivity contribution in [3.05, 3.63) is 69.9 Å². The second kappa shape index (κ2) is 6.02. The Labute approximate surface area is 153 Å². The first kappa shape index (κ1) is 16.9. The minimum atomic E-state index is -0.656. The smallest absolute Gasteiger partial charge is 0.226 e. The lowest BCUT2D eigenvalue weighted by Crippen LogP contribution is -2.17. The first-order chi connectivity index (χ1) is 12.8.